The zero-order valence-electron chi connectivity index (χ0n) is 27.1. The molecule has 6 aromatic rings. The Kier molecular flexibility index (Phi) is 20.9. The van der Waals surface area contributed by atoms with Crippen LogP contribution in [0.25, 0.3) is 33.8 Å². The molecule has 0 aliphatic carbocycles. The number of aromatic amines is 2. The number of nitrogens with one attached hydrogen (secondary N) is 2. The molecule has 0 amide bonds. The molecule has 0 fully saturated rings. The summed E-state index contributed by atoms with van der Waals surface area (Å²) in [4.78, 5) is 30.7. The number of furan rings is 2. The molecule has 6 N–H and O–H groups in total. The number of thioether (sulfide) groups is 2. The number of rotatable bonds is 10. The molecule has 51 heavy (non-hydrogen) atoms. The maximum atomic E-state index is 10.9. The van der Waals surface area contributed by atoms with E-state index in [1.807, 2.05) is 12.1 Å². The number of nitrogens with zero attached hydrogens (tertiary/aromatic N) is 4. The number of H-pyrrole nitrogens is 2. The van der Waals surface area contributed by atoms with Crippen molar-refractivity contribution < 1.29 is 68.4 Å². The van der Waals surface area contributed by atoms with Crippen LogP contribution >= 0.6 is 85.3 Å². The summed E-state index contributed by atoms with van der Waals surface area (Å²) in [6.07, 6.45) is 0. The van der Waals surface area contributed by atoms with Crippen LogP contribution in [0.2, 0.25) is 8.67 Å². The van der Waals surface area contributed by atoms with E-state index in [1.54, 1.807) is 36.4 Å². The smallest absolute Gasteiger partial charge is 0.870 e. The van der Waals surface area contributed by atoms with Crippen LogP contribution in [0.15, 0.2) is 72.3 Å². The topological polar surface area (TPSA) is 243 Å². The molecule has 6 rings (SSSR count). The van der Waals surface area contributed by atoms with Crippen molar-refractivity contribution >= 4 is 109 Å². The van der Waals surface area contributed by atoms with Crippen LogP contribution in [0.1, 0.15) is 1.37 Å². The number of carbonyl (C=O) groups is 2. The van der Waals surface area contributed by atoms with Crippen LogP contribution in [-0.4, -0.2) is 95.8 Å². The third-order valence-electron chi connectivity index (χ3n) is 5.11. The first-order valence-corrected chi connectivity index (χ1v) is 18.0. The first-order valence-electron chi connectivity index (χ1n) is 13.6. The summed E-state index contributed by atoms with van der Waals surface area (Å²) < 4.78 is 33.4. The Labute approximate surface area is 337 Å². The second-order valence-corrected chi connectivity index (χ2v) is 14.5. The van der Waals surface area contributed by atoms with Crippen molar-refractivity contribution in [1.29, 1.82) is 0 Å². The Hall–Kier alpha value is -2.59. The second kappa shape index (κ2) is 23.9. The van der Waals surface area contributed by atoms with Gasteiger partial charge in [-0.15, -0.1) is 32.9 Å². The number of hydrogen-bond acceptors (Lipinski definition) is 16. The molecule has 15 nitrogen and oxygen atoms in total. The Balaban J connectivity index is 0.000000392. The average molecular weight is 881 g/mol. The van der Waals surface area contributed by atoms with Gasteiger partial charge < -0.3 is 34.2 Å². The summed E-state index contributed by atoms with van der Waals surface area (Å²) in [5, 5.41) is 39.9. The summed E-state index contributed by atoms with van der Waals surface area (Å²) in [5.74, 6) is 1.63. The molecule has 6 heterocycles. The summed E-state index contributed by atoms with van der Waals surface area (Å²) in [6, 6.07) is 14.0. The van der Waals surface area contributed by atoms with Gasteiger partial charge in [-0.3, -0.25) is 24.2 Å². The maximum Gasteiger partial charge on any atom is 1.00 e. The van der Waals surface area contributed by atoms with E-state index in [2.05, 4.69) is 51.0 Å². The molecule has 0 saturated carbocycles. The third-order valence-corrected chi connectivity index (χ3v) is 9.71. The largest absolute Gasteiger partial charge is 1.00 e. The van der Waals surface area contributed by atoms with E-state index < -0.39 is 20.2 Å². The van der Waals surface area contributed by atoms with Crippen molar-refractivity contribution in [3.8, 4) is 33.8 Å². The number of methoxy groups -OCH3 is 1. The van der Waals surface area contributed by atoms with E-state index >= 15 is 0 Å². The number of carboxylic acids is 1. The van der Waals surface area contributed by atoms with E-state index in [4.69, 9.17) is 48.6 Å². The number of esters is 1. The van der Waals surface area contributed by atoms with E-state index in [-0.39, 0.29) is 41.8 Å². The molecule has 0 aromatic carbocycles. The van der Waals surface area contributed by atoms with Crippen molar-refractivity contribution in [3.05, 3.63) is 61.9 Å². The summed E-state index contributed by atoms with van der Waals surface area (Å²) in [7, 11) is -1.05. The molecule has 0 radical (unpaired) electrons. The SMILES string of the molecule is COC(=O)CSc1n[nH]c(-c2ccc(Br)o2)n1.O=C(O)CSc1n[nH]c(-c2ccc(-c3ccc(Cl)s3)o2)n1.OB(O)c1ccc(Cl)s1.[2H]CF.[Li+].[OH-]. The van der Waals surface area contributed by atoms with E-state index in [0.717, 1.165) is 28.0 Å². The number of aromatic nitrogens is 6. The molecule has 6 aromatic heterocycles. The molecular weight excluding hydrogens is 856 g/mol. The Morgan fingerprint density at radius 3 is 1.92 bits per heavy atom. The Morgan fingerprint density at radius 1 is 0.941 bits per heavy atom. The van der Waals surface area contributed by atoms with Gasteiger partial charge >= 0.3 is 37.9 Å². The monoisotopic (exact) mass is 879 g/mol. The summed E-state index contributed by atoms with van der Waals surface area (Å²) >= 11 is 19.4. The van der Waals surface area contributed by atoms with Gasteiger partial charge in [0.25, 0.3) is 0 Å². The molecule has 0 atom stereocenters. The van der Waals surface area contributed by atoms with E-state index in [0.29, 0.717) is 57.4 Å². The zero-order valence-corrected chi connectivity index (χ0v) is 32.4. The number of carbonyl (C=O) groups excluding carboxylic acids is 1. The molecule has 0 spiro atoms. The molecule has 268 valence electrons. The fourth-order valence-corrected chi connectivity index (χ4v) is 6.50. The van der Waals surface area contributed by atoms with Crippen LogP contribution in [0.5, 0.6) is 0 Å². The number of aliphatic carboxylic acids is 1. The first-order chi connectivity index (χ1) is 23.9. The summed E-state index contributed by atoms with van der Waals surface area (Å²) in [5.41, 5.74) is 0. The van der Waals surface area contributed by atoms with Crippen molar-refractivity contribution in [2.75, 3.05) is 25.8 Å². The van der Waals surface area contributed by atoms with Crippen LogP contribution in [0, 0.1) is 0 Å². The summed E-state index contributed by atoms with van der Waals surface area (Å²) in [6.45, 7) is 0. The number of hydrogen-bond donors (Lipinski definition) is 5. The normalized spacial score (nSPS) is 10.1. The standard InChI is InChI=1S/C12H8ClN3O3S2.C9H8BrN3O3S.C4H4BClO2S.CH3F.Li.H2O/c13-9-4-3-8(21-9)6-1-2-7(19-6)11-14-12(16-15-11)20-5-10(17)18;1-15-7(14)4-17-9-11-8(12-13-9)5-2-3-6(10)16-5;6-4-2-1-3(9-4)5(7)8;1-2;;/h1-4H,5H2,(H,17,18)(H,14,15,16);2-3H,4H2,1H3,(H,11,12,13);1-2,7-8H;1H3;;1H2/q;;;;+1;/p-1/i;;;1D;;. The minimum Gasteiger partial charge on any atom is -0.870 e. The average Bonchev–Trinajstić information content (AvgIpc) is 3.92. The first kappa shape index (κ1) is 44.6. The fourth-order valence-electron chi connectivity index (χ4n) is 3.10. The van der Waals surface area contributed by atoms with Crippen LogP contribution < -0.4 is 23.6 Å². The number of halogens is 4. The molecule has 0 aliphatic heterocycles. The molecule has 25 heteroatoms. The minimum atomic E-state index is -1.39. The van der Waals surface area contributed by atoms with Crippen LogP contribution in [0.4, 0.5) is 4.39 Å². The van der Waals surface area contributed by atoms with Gasteiger partial charge in [0.1, 0.15) is 5.76 Å². The van der Waals surface area contributed by atoms with Gasteiger partial charge in [-0.25, -0.2) is 0 Å². The third kappa shape index (κ3) is 15.5. The Morgan fingerprint density at radius 2 is 1.47 bits per heavy atom. The predicted octanol–water partition coefficient (Wildman–Crippen LogP) is 3.21. The molecular formula is C26H24BBrCl2FLiN6O9S4. The maximum absolute atomic E-state index is 10.9. The van der Waals surface area contributed by atoms with E-state index in [1.165, 1.54) is 30.2 Å². The molecule has 0 saturated heterocycles. The van der Waals surface area contributed by atoms with Gasteiger partial charge in [-0.2, -0.15) is 9.97 Å². The fraction of sp³-hybridized carbons (Fsp3) is 0.154. The predicted molar refractivity (Wildman–Crippen MR) is 193 cm³/mol. The molecule has 0 unspecified atom stereocenters. The molecule has 0 aliphatic rings. The number of alkyl halides is 1. The Bertz CT molecular complexity index is 1950. The van der Waals surface area contributed by atoms with Crippen LogP contribution in [-0.2, 0) is 14.3 Å². The van der Waals surface area contributed by atoms with Crippen molar-refractivity contribution in [2.24, 2.45) is 0 Å². The van der Waals surface area contributed by atoms with Gasteiger partial charge in [-0.05, 0) is 58.4 Å². The van der Waals surface area contributed by atoms with E-state index in [9.17, 15) is 14.0 Å². The minimum absolute atomic E-state index is 0. The van der Waals surface area contributed by atoms with Crippen LogP contribution in [0.3, 0.4) is 0 Å². The second-order valence-electron chi connectivity index (χ2n) is 8.37. The van der Waals surface area contributed by atoms with Crippen molar-refractivity contribution in [1.82, 2.24) is 30.4 Å². The van der Waals surface area contributed by atoms with Gasteiger partial charge in [0, 0.05) is 4.78 Å². The number of ether oxygens (including phenoxy) is 1. The zero-order chi connectivity index (χ0) is 36.6. The quantitative estimate of drug-likeness (QED) is 0.0754. The van der Waals surface area contributed by atoms with Crippen molar-refractivity contribution in [3.63, 3.8) is 0 Å². The van der Waals surface area contributed by atoms with Gasteiger partial charge in [0.15, 0.2) is 27.8 Å². The van der Waals surface area contributed by atoms with Gasteiger partial charge in [0.05, 0.1) is 40.7 Å². The van der Waals surface area contributed by atoms with Crippen molar-refractivity contribution in [2.45, 2.75) is 10.3 Å². The van der Waals surface area contributed by atoms with Gasteiger partial charge in [0.2, 0.25) is 10.3 Å². The number of carboxylic acid groups (broad SMARTS) is 1. The molecule has 0 bridgehead atoms. The van der Waals surface area contributed by atoms with Gasteiger partial charge in [-0.1, -0.05) is 52.8 Å². The number of thiophene rings is 2.